The Morgan fingerprint density at radius 2 is 1.75 bits per heavy atom. The normalized spacial score (nSPS) is 18.1. The van der Waals surface area contributed by atoms with E-state index in [4.69, 9.17) is 0 Å². The molecule has 0 radical (unpaired) electrons. The molecule has 0 bridgehead atoms. The summed E-state index contributed by atoms with van der Waals surface area (Å²) >= 11 is 0. The maximum absolute atomic E-state index is 12.1. The number of carboxylic acid groups (broad SMARTS) is 1. The van der Waals surface area contributed by atoms with E-state index in [0.29, 0.717) is 12.8 Å². The molecule has 0 spiro atoms. The van der Waals surface area contributed by atoms with Gasteiger partial charge in [0.05, 0.1) is 12.5 Å². The number of aliphatic carboxylic acids is 1. The molecule has 114 valence electrons. The van der Waals surface area contributed by atoms with Crippen molar-refractivity contribution in [3.05, 3.63) is 0 Å². The Hall–Kier alpha value is -1.59. The van der Waals surface area contributed by atoms with Crippen molar-refractivity contribution in [1.82, 2.24) is 5.32 Å². The molecule has 1 aliphatic rings. The lowest BCUT2D eigenvalue weighted by Crippen LogP contribution is -2.52. The van der Waals surface area contributed by atoms with Crippen molar-refractivity contribution in [2.24, 2.45) is 5.41 Å². The predicted octanol–water partition coefficient (Wildman–Crippen LogP) is 1.48. The quantitative estimate of drug-likeness (QED) is 0.746. The molecule has 0 atom stereocenters. The molecule has 1 amide bonds. The number of carbonyl (C=O) groups is 3. The lowest BCUT2D eigenvalue weighted by molar-refractivity contribution is -0.155. The Morgan fingerprint density at radius 3 is 2.20 bits per heavy atom. The van der Waals surface area contributed by atoms with Gasteiger partial charge in [0.25, 0.3) is 0 Å². The highest BCUT2D eigenvalue weighted by atomic mass is 16.5. The summed E-state index contributed by atoms with van der Waals surface area (Å²) in [5.41, 5.74) is -2.14. The molecular weight excluding hydrogens is 262 g/mol. The maximum Gasteiger partial charge on any atom is 0.330 e. The van der Waals surface area contributed by atoms with Gasteiger partial charge in [0.1, 0.15) is 5.54 Å². The molecular formula is C14H23NO5. The molecule has 0 aliphatic heterocycles. The average molecular weight is 285 g/mol. The number of hydrogen-bond acceptors (Lipinski definition) is 4. The van der Waals surface area contributed by atoms with Crippen LogP contribution in [-0.2, 0) is 19.1 Å². The highest BCUT2D eigenvalue weighted by molar-refractivity contribution is 5.90. The van der Waals surface area contributed by atoms with Crippen molar-refractivity contribution < 1.29 is 24.2 Å². The summed E-state index contributed by atoms with van der Waals surface area (Å²) in [7, 11) is 1.25. The molecule has 6 heteroatoms. The molecule has 1 rings (SSSR count). The predicted molar refractivity (Wildman–Crippen MR) is 72.0 cm³/mol. The largest absolute Gasteiger partial charge is 0.481 e. The topological polar surface area (TPSA) is 92.7 Å². The first-order valence-electron chi connectivity index (χ1n) is 6.86. The third kappa shape index (κ3) is 3.71. The Kier molecular flexibility index (Phi) is 5.14. The van der Waals surface area contributed by atoms with Gasteiger partial charge in [-0.1, -0.05) is 19.3 Å². The Morgan fingerprint density at radius 1 is 1.20 bits per heavy atom. The van der Waals surface area contributed by atoms with Crippen LogP contribution >= 0.6 is 0 Å². The molecule has 0 saturated heterocycles. The first-order valence-corrected chi connectivity index (χ1v) is 6.86. The Balaban J connectivity index is 2.73. The molecule has 20 heavy (non-hydrogen) atoms. The van der Waals surface area contributed by atoms with Gasteiger partial charge in [-0.2, -0.15) is 0 Å². The van der Waals surface area contributed by atoms with Crippen molar-refractivity contribution in [3.8, 4) is 0 Å². The van der Waals surface area contributed by atoms with E-state index >= 15 is 0 Å². The summed E-state index contributed by atoms with van der Waals surface area (Å²) in [6, 6.07) is 0. The molecule has 0 aromatic heterocycles. The van der Waals surface area contributed by atoms with E-state index in [-0.39, 0.29) is 6.42 Å². The van der Waals surface area contributed by atoms with Gasteiger partial charge < -0.3 is 15.2 Å². The van der Waals surface area contributed by atoms with Gasteiger partial charge in [-0.15, -0.1) is 0 Å². The first-order chi connectivity index (χ1) is 9.23. The Bertz CT molecular complexity index is 396. The van der Waals surface area contributed by atoms with Crippen LogP contribution in [0.25, 0.3) is 0 Å². The third-order valence-corrected chi connectivity index (χ3v) is 3.91. The molecule has 0 heterocycles. The van der Waals surface area contributed by atoms with Crippen molar-refractivity contribution in [1.29, 1.82) is 0 Å². The fourth-order valence-electron chi connectivity index (χ4n) is 2.70. The summed E-state index contributed by atoms with van der Waals surface area (Å²) in [5, 5.41) is 12.0. The van der Waals surface area contributed by atoms with Gasteiger partial charge in [0, 0.05) is 6.42 Å². The zero-order valence-corrected chi connectivity index (χ0v) is 12.3. The minimum Gasteiger partial charge on any atom is -0.481 e. The minimum atomic E-state index is -1.15. The standard InChI is InChI=1S/C14H23NO5/c1-13(2,12(19)20-3)15-10(16)9-14(11(17)18)7-5-4-6-8-14/h4-9H2,1-3H3,(H,15,16)(H,17,18). The van der Waals surface area contributed by atoms with Gasteiger partial charge in [0.15, 0.2) is 0 Å². The number of carbonyl (C=O) groups excluding carboxylic acids is 2. The average Bonchev–Trinajstić information content (AvgIpc) is 2.37. The summed E-state index contributed by atoms with van der Waals surface area (Å²) in [6.07, 6.45) is 3.57. The zero-order chi connectivity index (χ0) is 15.4. The summed E-state index contributed by atoms with van der Waals surface area (Å²) < 4.78 is 4.61. The fourth-order valence-corrected chi connectivity index (χ4v) is 2.70. The van der Waals surface area contributed by atoms with Gasteiger partial charge in [-0.05, 0) is 26.7 Å². The van der Waals surface area contributed by atoms with Gasteiger partial charge in [-0.25, -0.2) is 4.79 Å². The molecule has 0 unspecified atom stereocenters. The number of carboxylic acids is 1. The number of rotatable bonds is 5. The van der Waals surface area contributed by atoms with Crippen LogP contribution in [0.15, 0.2) is 0 Å². The van der Waals surface area contributed by atoms with E-state index in [1.807, 2.05) is 0 Å². The second kappa shape index (κ2) is 6.24. The molecule has 2 N–H and O–H groups in total. The number of amides is 1. The lowest BCUT2D eigenvalue weighted by atomic mass is 9.71. The van der Waals surface area contributed by atoms with E-state index in [1.54, 1.807) is 0 Å². The highest BCUT2D eigenvalue weighted by Gasteiger charge is 2.42. The second-order valence-corrected chi connectivity index (χ2v) is 5.99. The van der Waals surface area contributed by atoms with Crippen LogP contribution in [-0.4, -0.2) is 35.6 Å². The number of hydrogen-bond donors (Lipinski definition) is 2. The SMILES string of the molecule is COC(=O)C(C)(C)NC(=O)CC1(C(=O)O)CCCCC1. The number of nitrogens with one attached hydrogen (secondary N) is 1. The van der Waals surface area contributed by atoms with Crippen molar-refractivity contribution in [2.75, 3.05) is 7.11 Å². The molecule has 0 aromatic carbocycles. The van der Waals surface area contributed by atoms with Crippen molar-refractivity contribution in [2.45, 2.75) is 57.9 Å². The maximum atomic E-state index is 12.1. The summed E-state index contributed by atoms with van der Waals surface area (Å²) in [5.74, 6) is -1.91. The lowest BCUT2D eigenvalue weighted by Gasteiger charge is -2.33. The molecule has 1 fully saturated rings. The van der Waals surface area contributed by atoms with E-state index in [1.165, 1.54) is 21.0 Å². The molecule has 1 aliphatic carbocycles. The second-order valence-electron chi connectivity index (χ2n) is 5.99. The van der Waals surface area contributed by atoms with E-state index in [2.05, 4.69) is 10.1 Å². The van der Waals surface area contributed by atoms with Crippen LogP contribution in [0.5, 0.6) is 0 Å². The van der Waals surface area contributed by atoms with Crippen LogP contribution in [0.3, 0.4) is 0 Å². The van der Waals surface area contributed by atoms with Gasteiger partial charge in [0.2, 0.25) is 5.91 Å². The van der Waals surface area contributed by atoms with Crippen LogP contribution < -0.4 is 5.32 Å². The van der Waals surface area contributed by atoms with Gasteiger partial charge in [-0.3, -0.25) is 9.59 Å². The fraction of sp³-hybridized carbons (Fsp3) is 0.786. The van der Waals surface area contributed by atoms with Gasteiger partial charge >= 0.3 is 11.9 Å². The zero-order valence-electron chi connectivity index (χ0n) is 12.3. The van der Waals surface area contributed by atoms with Crippen molar-refractivity contribution >= 4 is 17.8 Å². The summed E-state index contributed by atoms with van der Waals surface area (Å²) in [4.78, 5) is 35.1. The highest BCUT2D eigenvalue weighted by Crippen LogP contribution is 2.39. The van der Waals surface area contributed by atoms with E-state index in [0.717, 1.165) is 19.3 Å². The molecule has 0 aromatic rings. The van der Waals surface area contributed by atoms with Crippen LogP contribution in [0.2, 0.25) is 0 Å². The van der Waals surface area contributed by atoms with Crippen molar-refractivity contribution in [3.63, 3.8) is 0 Å². The number of esters is 1. The first kappa shape index (κ1) is 16.5. The van der Waals surface area contributed by atoms with E-state index in [9.17, 15) is 19.5 Å². The molecule has 1 saturated carbocycles. The third-order valence-electron chi connectivity index (χ3n) is 3.91. The number of ether oxygens (including phenoxy) is 1. The monoisotopic (exact) mass is 285 g/mol. The van der Waals surface area contributed by atoms with Crippen LogP contribution in [0.4, 0.5) is 0 Å². The number of methoxy groups -OCH3 is 1. The smallest absolute Gasteiger partial charge is 0.330 e. The van der Waals surface area contributed by atoms with Crippen LogP contribution in [0, 0.1) is 5.41 Å². The molecule has 6 nitrogen and oxygen atoms in total. The minimum absolute atomic E-state index is 0.0945. The van der Waals surface area contributed by atoms with E-state index < -0.39 is 28.8 Å². The Labute approximate surface area is 118 Å². The summed E-state index contributed by atoms with van der Waals surface area (Å²) in [6.45, 7) is 3.07. The van der Waals surface area contributed by atoms with Crippen LogP contribution in [0.1, 0.15) is 52.4 Å².